The second kappa shape index (κ2) is 10.4. The second-order valence-electron chi connectivity index (χ2n) is 7.77. The van der Waals surface area contributed by atoms with Crippen molar-refractivity contribution in [2.45, 2.75) is 19.7 Å². The maximum atomic E-state index is 13.7. The van der Waals surface area contributed by atoms with E-state index in [0.29, 0.717) is 0 Å². The lowest BCUT2D eigenvalue weighted by Gasteiger charge is -2.22. The molecule has 0 fully saturated rings. The third kappa shape index (κ3) is 5.23. The molecule has 1 aromatic heterocycles. The molecular weight excluding hydrogens is 492 g/mol. The molecule has 10 nitrogen and oxygen atoms in total. The van der Waals surface area contributed by atoms with Crippen molar-refractivity contribution >= 4 is 24.6 Å². The van der Waals surface area contributed by atoms with E-state index in [9.17, 15) is 23.4 Å². The van der Waals surface area contributed by atoms with Gasteiger partial charge in [0, 0.05) is 13.7 Å². The maximum absolute atomic E-state index is 13.7. The summed E-state index contributed by atoms with van der Waals surface area (Å²) in [5.74, 6) is -1.59. The van der Waals surface area contributed by atoms with Gasteiger partial charge in [-0.2, -0.15) is 0 Å². The smallest absolute Gasteiger partial charge is 0.358 e. The van der Waals surface area contributed by atoms with E-state index in [-0.39, 0.29) is 60.2 Å². The first-order valence-electron chi connectivity index (χ1n) is 10.8. The van der Waals surface area contributed by atoms with Crippen LogP contribution in [0.1, 0.15) is 27.4 Å². The van der Waals surface area contributed by atoms with Gasteiger partial charge in [-0.05, 0) is 23.3 Å². The zero-order valence-corrected chi connectivity index (χ0v) is 20.2. The maximum Gasteiger partial charge on any atom is 0.358 e. The zero-order chi connectivity index (χ0) is 25.9. The van der Waals surface area contributed by atoms with Crippen LogP contribution in [-0.2, 0) is 33.5 Å². The highest BCUT2D eigenvalue weighted by Gasteiger charge is 2.28. The molecule has 2 heterocycles. The van der Waals surface area contributed by atoms with E-state index >= 15 is 0 Å². The first-order valence-corrected chi connectivity index (χ1v) is 12.4. The Morgan fingerprint density at radius 3 is 2.78 bits per heavy atom. The normalized spacial score (nSPS) is 14.4. The number of carbonyl (C=O) groups excluding carboxylic acids is 1. The van der Waals surface area contributed by atoms with Crippen LogP contribution in [-0.4, -0.2) is 34.1 Å². The third-order valence-electron chi connectivity index (χ3n) is 5.45. The summed E-state index contributed by atoms with van der Waals surface area (Å²) in [6.07, 6.45) is 0. The molecule has 36 heavy (non-hydrogen) atoms. The van der Waals surface area contributed by atoms with Crippen molar-refractivity contribution in [1.29, 1.82) is 0 Å². The molecule has 188 valence electrons. The summed E-state index contributed by atoms with van der Waals surface area (Å²) in [5, 5.41) is 2.25. The van der Waals surface area contributed by atoms with E-state index in [1.807, 2.05) is 18.2 Å². The molecule has 1 aliphatic heterocycles. The van der Waals surface area contributed by atoms with Gasteiger partial charge in [-0.25, -0.2) is 9.37 Å². The number of aromatic nitrogens is 2. The Kier molecular flexibility index (Phi) is 7.35. The monoisotopic (exact) mass is 515 g/mol. The predicted molar refractivity (Wildman–Crippen MR) is 128 cm³/mol. The predicted octanol–water partition coefficient (Wildman–Crippen LogP) is 2.35. The summed E-state index contributed by atoms with van der Waals surface area (Å²) >= 11 is 0. The Morgan fingerprint density at radius 2 is 2.06 bits per heavy atom. The molecule has 0 radical (unpaired) electrons. The molecule has 1 atom stereocenters. The van der Waals surface area contributed by atoms with Gasteiger partial charge in [0.15, 0.2) is 17.3 Å². The molecule has 2 aromatic carbocycles. The lowest BCUT2D eigenvalue weighted by Crippen LogP contribution is -2.36. The SMILES string of the molecule is C=C1OCCn2c1nc(C(=O)NCc1ccc(F)cc1P(=O)(O)OC)c(OCc1ccccc1)c2=O. The molecule has 0 saturated heterocycles. The Morgan fingerprint density at radius 1 is 1.31 bits per heavy atom. The highest BCUT2D eigenvalue weighted by atomic mass is 31.2. The Hall–Kier alpha value is -3.79. The van der Waals surface area contributed by atoms with Crippen LogP contribution in [0.25, 0.3) is 5.76 Å². The van der Waals surface area contributed by atoms with Crippen molar-refractivity contribution in [3.8, 4) is 5.75 Å². The number of rotatable bonds is 8. The first-order chi connectivity index (χ1) is 17.2. The van der Waals surface area contributed by atoms with Crippen molar-refractivity contribution < 1.29 is 32.6 Å². The molecule has 0 aliphatic carbocycles. The van der Waals surface area contributed by atoms with Crippen LogP contribution < -0.4 is 20.9 Å². The van der Waals surface area contributed by atoms with Gasteiger partial charge in [0.05, 0.1) is 11.8 Å². The van der Waals surface area contributed by atoms with Crippen molar-refractivity contribution in [3.63, 3.8) is 0 Å². The number of nitrogens with one attached hydrogen (secondary N) is 1. The van der Waals surface area contributed by atoms with E-state index in [0.717, 1.165) is 24.8 Å². The van der Waals surface area contributed by atoms with E-state index in [4.69, 9.17) is 9.47 Å². The fraction of sp³-hybridized carbons (Fsp3) is 0.208. The summed E-state index contributed by atoms with van der Waals surface area (Å²) < 4.78 is 43.2. The fourth-order valence-electron chi connectivity index (χ4n) is 3.60. The van der Waals surface area contributed by atoms with Crippen LogP contribution in [0.4, 0.5) is 4.39 Å². The van der Waals surface area contributed by atoms with E-state index in [1.54, 1.807) is 12.1 Å². The topological polar surface area (TPSA) is 129 Å². The number of hydrogen-bond donors (Lipinski definition) is 2. The Balaban J connectivity index is 1.67. The quantitative estimate of drug-likeness (QED) is 0.438. The van der Waals surface area contributed by atoms with Crippen molar-refractivity contribution in [2.75, 3.05) is 13.7 Å². The van der Waals surface area contributed by atoms with Gasteiger partial charge in [-0.3, -0.25) is 18.7 Å². The number of fused-ring (bicyclic) bond motifs is 1. The molecule has 12 heteroatoms. The Bertz CT molecular complexity index is 1430. The van der Waals surface area contributed by atoms with Crippen molar-refractivity contribution in [1.82, 2.24) is 14.9 Å². The lowest BCUT2D eigenvalue weighted by molar-refractivity contribution is 0.0939. The lowest BCUT2D eigenvalue weighted by atomic mass is 10.2. The van der Waals surface area contributed by atoms with Crippen LogP contribution in [0.15, 0.2) is 59.9 Å². The molecule has 3 aromatic rings. The van der Waals surface area contributed by atoms with Gasteiger partial charge in [0.25, 0.3) is 11.5 Å². The minimum absolute atomic E-state index is 0.0124. The van der Waals surface area contributed by atoms with Crippen LogP contribution >= 0.6 is 7.60 Å². The molecule has 0 saturated carbocycles. The van der Waals surface area contributed by atoms with E-state index in [1.165, 1.54) is 10.6 Å². The summed E-state index contributed by atoms with van der Waals surface area (Å²) in [6.45, 7) is 3.89. The highest BCUT2D eigenvalue weighted by Crippen LogP contribution is 2.40. The minimum atomic E-state index is -4.32. The number of nitrogens with zero attached hydrogens (tertiary/aromatic N) is 2. The number of benzene rings is 2. The molecule has 1 unspecified atom stereocenters. The van der Waals surface area contributed by atoms with Gasteiger partial charge < -0.3 is 24.2 Å². The summed E-state index contributed by atoms with van der Waals surface area (Å²) in [4.78, 5) is 40.8. The van der Waals surface area contributed by atoms with Gasteiger partial charge in [-0.15, -0.1) is 0 Å². The van der Waals surface area contributed by atoms with E-state index < -0.39 is 24.9 Å². The number of carbonyl (C=O) groups is 1. The summed E-state index contributed by atoms with van der Waals surface area (Å²) in [7, 11) is -3.30. The number of amides is 1. The summed E-state index contributed by atoms with van der Waals surface area (Å²) in [6, 6.07) is 12.3. The van der Waals surface area contributed by atoms with Crippen LogP contribution in [0, 0.1) is 5.82 Å². The molecule has 4 rings (SSSR count). The molecule has 0 bridgehead atoms. The molecule has 2 N–H and O–H groups in total. The second-order valence-corrected chi connectivity index (χ2v) is 9.66. The number of hydrogen-bond acceptors (Lipinski definition) is 7. The van der Waals surface area contributed by atoms with Gasteiger partial charge >= 0.3 is 7.60 Å². The van der Waals surface area contributed by atoms with Crippen LogP contribution in [0.3, 0.4) is 0 Å². The largest absolute Gasteiger partial charge is 0.488 e. The van der Waals surface area contributed by atoms with Gasteiger partial charge in [-0.1, -0.05) is 43.0 Å². The standard InChI is InChI=1S/C24H23FN3O7P/c1-15-22-27-20(23(29)26-13-17-8-9-18(25)12-19(17)36(31,32)33-2)21(24(30)28(22)10-11-34-15)35-14-16-6-4-3-5-7-16/h3-9,12H,1,10-11,13-14H2,2H3,(H,26,29)(H,31,32). The first kappa shape index (κ1) is 25.3. The molecule has 1 aliphatic rings. The molecular formula is C24H23FN3O7P. The van der Waals surface area contributed by atoms with Crippen molar-refractivity contribution in [2.24, 2.45) is 0 Å². The van der Waals surface area contributed by atoms with Gasteiger partial charge in [0.1, 0.15) is 19.0 Å². The third-order valence-corrected chi connectivity index (χ3v) is 6.97. The average molecular weight is 515 g/mol. The van der Waals surface area contributed by atoms with Crippen LogP contribution in [0.2, 0.25) is 0 Å². The molecule has 0 spiro atoms. The number of ether oxygens (including phenoxy) is 2. The highest BCUT2D eigenvalue weighted by molar-refractivity contribution is 7.61. The Labute approximate surface area is 205 Å². The summed E-state index contributed by atoms with van der Waals surface area (Å²) in [5.41, 5.74) is 0.0308. The fourth-order valence-corrected chi connectivity index (χ4v) is 4.60. The average Bonchev–Trinajstić information content (AvgIpc) is 2.88. The zero-order valence-electron chi connectivity index (χ0n) is 19.3. The number of halogens is 1. The van der Waals surface area contributed by atoms with E-state index in [2.05, 4.69) is 21.4 Å². The minimum Gasteiger partial charge on any atom is -0.488 e. The van der Waals surface area contributed by atoms with Crippen molar-refractivity contribution in [3.05, 3.63) is 93.9 Å². The molecule has 1 amide bonds. The van der Waals surface area contributed by atoms with Gasteiger partial charge in [0.2, 0.25) is 5.75 Å². The van der Waals surface area contributed by atoms with Crippen LogP contribution in [0.5, 0.6) is 5.75 Å².